The van der Waals surface area contributed by atoms with E-state index in [4.69, 9.17) is 52.4 Å². The average Bonchev–Trinajstić information content (AvgIpc) is 3.75. The highest BCUT2D eigenvalue weighted by atomic mass is 35.5. The van der Waals surface area contributed by atoms with Gasteiger partial charge >= 0.3 is 0 Å². The summed E-state index contributed by atoms with van der Waals surface area (Å²) in [5, 5.41) is 13.6. The molecule has 1 unspecified atom stereocenters. The average molecular weight is 736 g/mol. The number of benzene rings is 3. The van der Waals surface area contributed by atoms with Crippen LogP contribution in [-0.2, 0) is 16.7 Å². The fraction of sp³-hybridized carbons (Fsp3) is 0.447. The third-order valence-electron chi connectivity index (χ3n) is 10.2. The summed E-state index contributed by atoms with van der Waals surface area (Å²) in [5.41, 5.74) is 3.25. The zero-order chi connectivity index (χ0) is 36.0. The second kappa shape index (κ2) is 16.4. The van der Waals surface area contributed by atoms with Gasteiger partial charge in [-0.05, 0) is 74.2 Å². The number of aromatic nitrogens is 2. The molecule has 0 saturated carbocycles. The molecule has 3 heterocycles. The van der Waals surface area contributed by atoms with Crippen molar-refractivity contribution in [3.63, 3.8) is 0 Å². The molecule has 270 valence electrons. The minimum Gasteiger partial charge on any atom is -0.493 e. The van der Waals surface area contributed by atoms with Gasteiger partial charge in [0.15, 0.2) is 11.5 Å². The van der Waals surface area contributed by atoms with Gasteiger partial charge in [0, 0.05) is 49.7 Å². The summed E-state index contributed by atoms with van der Waals surface area (Å²) < 4.78 is 24.1. The van der Waals surface area contributed by atoms with Crippen LogP contribution in [0.3, 0.4) is 0 Å². The molecule has 6 rings (SSSR count). The molecule has 11 nitrogen and oxygen atoms in total. The predicted molar refractivity (Wildman–Crippen MR) is 199 cm³/mol. The zero-order valence-electron chi connectivity index (χ0n) is 29.3. The van der Waals surface area contributed by atoms with Crippen LogP contribution in [0.1, 0.15) is 41.6 Å². The van der Waals surface area contributed by atoms with Crippen LogP contribution in [0.25, 0.3) is 11.0 Å². The number of hydrogen-bond acceptors (Lipinski definition) is 9. The van der Waals surface area contributed by atoms with Crippen LogP contribution >= 0.6 is 23.2 Å². The number of hydrogen-bond donors (Lipinski definition) is 1. The number of nitrogens with one attached hydrogen (secondary N) is 1. The topological polar surface area (TPSA) is 114 Å². The van der Waals surface area contributed by atoms with Gasteiger partial charge in [0.1, 0.15) is 6.61 Å². The van der Waals surface area contributed by atoms with E-state index in [1.54, 1.807) is 33.5 Å². The smallest absolute Gasteiger partial charge is 0.254 e. The third-order valence-corrected chi connectivity index (χ3v) is 10.9. The Bertz CT molecular complexity index is 1860. The Hall–Kier alpha value is -4.21. The molecule has 13 heteroatoms. The first-order valence-electron chi connectivity index (χ1n) is 17.2. The first-order chi connectivity index (χ1) is 24.8. The summed E-state index contributed by atoms with van der Waals surface area (Å²) in [6.07, 6.45) is 3.60. The van der Waals surface area contributed by atoms with Crippen molar-refractivity contribution in [3.05, 3.63) is 75.8 Å². The number of methoxy groups -OCH3 is 3. The maximum Gasteiger partial charge on any atom is 0.254 e. The second-order valence-electron chi connectivity index (χ2n) is 13.1. The van der Waals surface area contributed by atoms with E-state index in [-0.39, 0.29) is 24.0 Å². The number of amides is 1. The Morgan fingerprint density at radius 1 is 0.980 bits per heavy atom. The molecule has 2 aliphatic heterocycles. The van der Waals surface area contributed by atoms with E-state index in [1.807, 2.05) is 41.3 Å². The van der Waals surface area contributed by atoms with Gasteiger partial charge < -0.3 is 38.6 Å². The quantitative estimate of drug-likeness (QED) is 0.142. The number of rotatable bonds is 14. The van der Waals surface area contributed by atoms with E-state index in [9.17, 15) is 4.79 Å². The van der Waals surface area contributed by atoms with Crippen molar-refractivity contribution in [2.45, 2.75) is 43.7 Å². The van der Waals surface area contributed by atoms with Crippen molar-refractivity contribution in [2.24, 2.45) is 0 Å². The lowest BCUT2D eigenvalue weighted by Crippen LogP contribution is -2.42. The minimum absolute atomic E-state index is 0.0711. The molecule has 0 radical (unpaired) electrons. The lowest BCUT2D eigenvalue weighted by atomic mass is 9.76. The highest BCUT2D eigenvalue weighted by Crippen LogP contribution is 2.43. The van der Waals surface area contributed by atoms with E-state index in [2.05, 4.69) is 26.9 Å². The number of carbonyl (C=O) groups is 1. The molecule has 1 aromatic heterocycles. The first kappa shape index (κ1) is 36.6. The Balaban J connectivity index is 1.13. The molecular formula is C38H44Cl2N6O5. The van der Waals surface area contributed by atoms with Gasteiger partial charge in [0.2, 0.25) is 11.7 Å². The fourth-order valence-electron chi connectivity index (χ4n) is 7.38. The van der Waals surface area contributed by atoms with Crippen LogP contribution in [-0.4, -0.2) is 98.6 Å². The SMILES string of the molecule is COc1cc(C(=O)N2CCC(CCN3CCC(Nc4nc5ccccc5n4CCOCC#N)CC3)(c3ccc(Cl)c(Cl)c3)C2)cc(OC)c1OC. The van der Waals surface area contributed by atoms with E-state index >= 15 is 0 Å². The molecule has 2 fully saturated rings. The van der Waals surface area contributed by atoms with Crippen molar-refractivity contribution in [2.75, 3.05) is 72.6 Å². The predicted octanol–water partition coefficient (Wildman–Crippen LogP) is 6.66. The monoisotopic (exact) mass is 734 g/mol. The molecule has 4 aromatic rings. The highest BCUT2D eigenvalue weighted by Gasteiger charge is 2.42. The van der Waals surface area contributed by atoms with Crippen molar-refractivity contribution in [1.29, 1.82) is 5.26 Å². The Morgan fingerprint density at radius 2 is 1.73 bits per heavy atom. The van der Waals surface area contributed by atoms with Crippen molar-refractivity contribution < 1.29 is 23.7 Å². The lowest BCUT2D eigenvalue weighted by molar-refractivity contribution is 0.0779. The second-order valence-corrected chi connectivity index (χ2v) is 13.9. The number of nitrogens with zero attached hydrogens (tertiary/aromatic N) is 5. The number of para-hydroxylation sites is 2. The summed E-state index contributed by atoms with van der Waals surface area (Å²) in [7, 11) is 4.63. The molecule has 0 bridgehead atoms. The summed E-state index contributed by atoms with van der Waals surface area (Å²) in [5.74, 6) is 2.06. The highest BCUT2D eigenvalue weighted by molar-refractivity contribution is 6.42. The molecule has 3 aromatic carbocycles. The molecule has 1 N–H and O–H groups in total. The number of nitriles is 1. The summed E-state index contributed by atoms with van der Waals surface area (Å²) in [6, 6.07) is 19.7. The van der Waals surface area contributed by atoms with E-state index in [0.29, 0.717) is 59.1 Å². The normalized spacial score (nSPS) is 18.2. The number of carbonyl (C=O) groups excluding carboxylic acids is 1. The van der Waals surface area contributed by atoms with Crippen LogP contribution in [0, 0.1) is 11.3 Å². The van der Waals surface area contributed by atoms with Gasteiger partial charge in [0.05, 0.1) is 55.1 Å². The van der Waals surface area contributed by atoms with Gasteiger partial charge in [-0.1, -0.05) is 41.4 Å². The molecular weight excluding hydrogens is 691 g/mol. The number of ether oxygens (including phenoxy) is 4. The molecule has 2 saturated heterocycles. The van der Waals surface area contributed by atoms with Gasteiger partial charge in [0.25, 0.3) is 5.91 Å². The molecule has 0 aliphatic carbocycles. The number of anilines is 1. The minimum atomic E-state index is -0.294. The first-order valence-corrected chi connectivity index (χ1v) is 18.0. The van der Waals surface area contributed by atoms with E-state index < -0.39 is 0 Å². The lowest BCUT2D eigenvalue weighted by Gasteiger charge is -2.36. The van der Waals surface area contributed by atoms with Crippen LogP contribution < -0.4 is 19.5 Å². The summed E-state index contributed by atoms with van der Waals surface area (Å²) in [4.78, 5) is 23.3. The molecule has 0 spiro atoms. The maximum atomic E-state index is 14.0. The Kier molecular flexibility index (Phi) is 11.8. The van der Waals surface area contributed by atoms with Gasteiger partial charge in [-0.15, -0.1) is 0 Å². The van der Waals surface area contributed by atoms with Crippen molar-refractivity contribution >= 4 is 46.1 Å². The van der Waals surface area contributed by atoms with Gasteiger partial charge in [-0.3, -0.25) is 4.79 Å². The maximum absolute atomic E-state index is 14.0. The Morgan fingerprint density at radius 3 is 2.41 bits per heavy atom. The number of imidazole rings is 1. The largest absolute Gasteiger partial charge is 0.493 e. The van der Waals surface area contributed by atoms with Crippen molar-refractivity contribution in [3.8, 4) is 23.3 Å². The summed E-state index contributed by atoms with van der Waals surface area (Å²) >= 11 is 12.9. The molecule has 2 aliphatic rings. The van der Waals surface area contributed by atoms with E-state index in [0.717, 1.165) is 67.9 Å². The summed E-state index contributed by atoms with van der Waals surface area (Å²) in [6.45, 7) is 5.03. The Labute approximate surface area is 308 Å². The number of fused-ring (bicyclic) bond motifs is 1. The van der Waals surface area contributed by atoms with E-state index in [1.165, 1.54) is 0 Å². The number of likely N-dealkylation sites (tertiary alicyclic amines) is 2. The zero-order valence-corrected chi connectivity index (χ0v) is 30.8. The van der Waals surface area contributed by atoms with Gasteiger partial charge in [-0.2, -0.15) is 5.26 Å². The van der Waals surface area contributed by atoms with Crippen molar-refractivity contribution in [1.82, 2.24) is 19.4 Å². The third kappa shape index (κ3) is 8.00. The number of piperidine rings is 1. The molecule has 1 amide bonds. The van der Waals surface area contributed by atoms with Gasteiger partial charge in [-0.25, -0.2) is 4.98 Å². The molecule has 51 heavy (non-hydrogen) atoms. The van der Waals surface area contributed by atoms with Crippen LogP contribution in [0.5, 0.6) is 17.2 Å². The molecule has 1 atom stereocenters. The number of halogens is 2. The fourth-order valence-corrected chi connectivity index (χ4v) is 7.68. The van der Waals surface area contributed by atoms with Crippen LogP contribution in [0.15, 0.2) is 54.6 Å². The standard InChI is InChI=1S/C38H44Cl2N6O5/c1-48-33-22-26(23-34(49-2)35(33)50-3)36(47)45-18-13-38(25-45,27-8-9-29(39)30(40)24-27)12-17-44-15-10-28(11-16-44)42-37-43-31-6-4-5-7-32(31)46(37)19-21-51-20-14-41/h4-9,22-24,28H,10-13,15-21,25H2,1-3H3,(H,42,43). The van der Waals surface area contributed by atoms with Crippen LogP contribution in [0.4, 0.5) is 5.95 Å². The van der Waals surface area contributed by atoms with Crippen LogP contribution in [0.2, 0.25) is 10.0 Å².